The summed E-state index contributed by atoms with van der Waals surface area (Å²) >= 11 is 5.81. The molecule has 1 aromatic heterocycles. The molecule has 0 bridgehead atoms. The summed E-state index contributed by atoms with van der Waals surface area (Å²) in [5.74, 6) is -2.10. The van der Waals surface area contributed by atoms with Gasteiger partial charge in [-0.05, 0) is 36.9 Å². The van der Waals surface area contributed by atoms with Crippen molar-refractivity contribution in [2.75, 3.05) is 7.05 Å². The summed E-state index contributed by atoms with van der Waals surface area (Å²) in [6, 6.07) is 8.51. The van der Waals surface area contributed by atoms with E-state index in [2.05, 4.69) is 15.0 Å². The molecule has 0 unspecified atom stereocenters. The highest BCUT2D eigenvalue weighted by Crippen LogP contribution is 2.31. The van der Waals surface area contributed by atoms with Crippen molar-refractivity contribution in [2.45, 2.75) is 11.4 Å². The summed E-state index contributed by atoms with van der Waals surface area (Å²) < 4.78 is 40.2. The number of rotatable bonds is 5. The van der Waals surface area contributed by atoms with Crippen molar-refractivity contribution < 1.29 is 22.7 Å². The Kier molecular flexibility index (Phi) is 5.50. The summed E-state index contributed by atoms with van der Waals surface area (Å²) in [4.78, 5) is 15.9. The predicted molar refractivity (Wildman–Crippen MR) is 102 cm³/mol. The van der Waals surface area contributed by atoms with E-state index in [1.165, 1.54) is 7.05 Å². The van der Waals surface area contributed by atoms with Gasteiger partial charge in [0.2, 0.25) is 10.0 Å². The summed E-state index contributed by atoms with van der Waals surface area (Å²) in [6.45, 7) is 0.163. The van der Waals surface area contributed by atoms with Gasteiger partial charge in [-0.1, -0.05) is 23.7 Å². The Bertz CT molecular complexity index is 1170. The van der Waals surface area contributed by atoms with Gasteiger partial charge in [0.05, 0.1) is 5.52 Å². The second-order valence-electron chi connectivity index (χ2n) is 5.84. The molecule has 0 saturated carbocycles. The van der Waals surface area contributed by atoms with Crippen LogP contribution >= 0.6 is 11.6 Å². The van der Waals surface area contributed by atoms with Crippen LogP contribution in [0.3, 0.4) is 0 Å². The largest absolute Gasteiger partial charge is 0.506 e. The zero-order chi connectivity index (χ0) is 20.5. The number of carbonyl (C=O) groups is 1. The highest BCUT2D eigenvalue weighted by atomic mass is 35.5. The first kappa shape index (κ1) is 20.0. The van der Waals surface area contributed by atoms with Crippen LogP contribution in [0.1, 0.15) is 15.9 Å². The zero-order valence-electron chi connectivity index (χ0n) is 14.5. The predicted octanol–water partition coefficient (Wildman–Crippen LogP) is 2.57. The first-order valence-corrected chi connectivity index (χ1v) is 9.86. The van der Waals surface area contributed by atoms with Crippen molar-refractivity contribution in [3.63, 3.8) is 0 Å². The van der Waals surface area contributed by atoms with Crippen LogP contribution in [-0.2, 0) is 16.6 Å². The van der Waals surface area contributed by atoms with Gasteiger partial charge in [-0.2, -0.15) is 0 Å². The third kappa shape index (κ3) is 3.91. The van der Waals surface area contributed by atoms with E-state index in [0.29, 0.717) is 5.02 Å². The van der Waals surface area contributed by atoms with Crippen LogP contribution < -0.4 is 10.0 Å². The highest BCUT2D eigenvalue weighted by molar-refractivity contribution is 7.89. The molecule has 0 spiro atoms. The fourth-order valence-corrected chi connectivity index (χ4v) is 3.61. The van der Waals surface area contributed by atoms with Crippen molar-refractivity contribution >= 4 is 38.4 Å². The lowest BCUT2D eigenvalue weighted by molar-refractivity contribution is 0.0948. The molecule has 28 heavy (non-hydrogen) atoms. The maximum absolute atomic E-state index is 13.9. The van der Waals surface area contributed by atoms with E-state index in [1.807, 2.05) is 0 Å². The number of sulfonamides is 1. The van der Waals surface area contributed by atoms with Crippen molar-refractivity contribution in [1.82, 2.24) is 15.0 Å². The highest BCUT2D eigenvalue weighted by Gasteiger charge is 2.22. The van der Waals surface area contributed by atoms with Gasteiger partial charge in [-0.25, -0.2) is 17.5 Å². The van der Waals surface area contributed by atoms with Crippen molar-refractivity contribution in [3.8, 4) is 5.75 Å². The Morgan fingerprint density at radius 3 is 2.57 bits per heavy atom. The van der Waals surface area contributed by atoms with E-state index in [1.54, 1.807) is 24.3 Å². The third-order valence-electron chi connectivity index (χ3n) is 4.04. The molecule has 146 valence electrons. The molecular formula is C18H15ClFN3O4S. The number of nitrogens with one attached hydrogen (secondary N) is 2. The Balaban J connectivity index is 1.98. The fourth-order valence-electron chi connectivity index (χ4n) is 2.58. The van der Waals surface area contributed by atoms with E-state index in [-0.39, 0.29) is 23.0 Å². The lowest BCUT2D eigenvalue weighted by Gasteiger charge is -2.11. The third-order valence-corrected chi connectivity index (χ3v) is 5.72. The van der Waals surface area contributed by atoms with Crippen LogP contribution in [0.25, 0.3) is 10.9 Å². The molecule has 0 radical (unpaired) electrons. The molecule has 0 aliphatic rings. The second-order valence-corrected chi connectivity index (χ2v) is 8.13. The molecule has 3 aromatic rings. The standard InChI is InChI=1S/C18H15ClFN3O4S/c1-21-28(26,27)15-7-12(20)6-13-16(15)22-9-14(17(13)24)18(25)23-8-10-2-4-11(19)5-3-10/h2-7,9,21H,8H2,1H3,(H,22,24)(H,23,25). The molecule has 3 rings (SSSR count). The van der Waals surface area contributed by atoms with E-state index in [4.69, 9.17) is 11.6 Å². The molecule has 2 aromatic carbocycles. The average Bonchev–Trinajstić information content (AvgIpc) is 2.67. The zero-order valence-corrected chi connectivity index (χ0v) is 16.1. The maximum atomic E-state index is 13.9. The number of pyridine rings is 1. The lowest BCUT2D eigenvalue weighted by Crippen LogP contribution is -2.23. The van der Waals surface area contributed by atoms with Gasteiger partial charge in [-0.3, -0.25) is 9.78 Å². The number of carbonyl (C=O) groups excluding carboxylic acids is 1. The van der Waals surface area contributed by atoms with Crippen LogP contribution in [0.4, 0.5) is 4.39 Å². The summed E-state index contributed by atoms with van der Waals surface area (Å²) in [5.41, 5.74) is 0.418. The van der Waals surface area contributed by atoms with E-state index in [0.717, 1.165) is 23.9 Å². The van der Waals surface area contributed by atoms with E-state index < -0.39 is 32.4 Å². The molecule has 0 aliphatic heterocycles. The Labute approximate surface area is 165 Å². The number of fused-ring (bicyclic) bond motifs is 1. The molecule has 10 heteroatoms. The van der Waals surface area contributed by atoms with Crippen LogP contribution in [-0.4, -0.2) is 31.5 Å². The first-order chi connectivity index (χ1) is 13.2. The normalized spacial score (nSPS) is 11.5. The number of nitrogens with zero attached hydrogens (tertiary/aromatic N) is 1. The number of aromatic hydroxyl groups is 1. The molecular weight excluding hydrogens is 409 g/mol. The van der Waals surface area contributed by atoms with Crippen molar-refractivity contribution in [1.29, 1.82) is 0 Å². The molecule has 7 nitrogen and oxygen atoms in total. The topological polar surface area (TPSA) is 108 Å². The average molecular weight is 424 g/mol. The molecule has 1 amide bonds. The fraction of sp³-hybridized carbons (Fsp3) is 0.111. The van der Waals surface area contributed by atoms with Crippen LogP contribution in [0.5, 0.6) is 5.75 Å². The number of amides is 1. The Morgan fingerprint density at radius 1 is 1.25 bits per heavy atom. The minimum Gasteiger partial charge on any atom is -0.506 e. The van der Waals surface area contributed by atoms with Gasteiger partial charge in [0.1, 0.15) is 22.0 Å². The van der Waals surface area contributed by atoms with Crippen molar-refractivity contribution in [2.24, 2.45) is 0 Å². The Morgan fingerprint density at radius 2 is 1.93 bits per heavy atom. The first-order valence-electron chi connectivity index (χ1n) is 8.00. The van der Waals surface area contributed by atoms with Crippen LogP contribution in [0, 0.1) is 5.82 Å². The smallest absolute Gasteiger partial charge is 0.256 e. The van der Waals surface area contributed by atoms with Gasteiger partial charge in [0.25, 0.3) is 5.91 Å². The Hall–Kier alpha value is -2.75. The minimum atomic E-state index is -4.02. The lowest BCUT2D eigenvalue weighted by atomic mass is 10.1. The van der Waals surface area contributed by atoms with E-state index in [9.17, 15) is 22.7 Å². The molecule has 0 saturated heterocycles. The van der Waals surface area contributed by atoms with E-state index >= 15 is 0 Å². The van der Waals surface area contributed by atoms with Gasteiger partial charge < -0.3 is 10.4 Å². The SMILES string of the molecule is CNS(=O)(=O)c1cc(F)cc2c(O)c(C(=O)NCc3ccc(Cl)cc3)cnc12. The van der Waals surface area contributed by atoms with Gasteiger partial charge >= 0.3 is 0 Å². The summed E-state index contributed by atoms with van der Waals surface area (Å²) in [5, 5.41) is 13.4. The minimum absolute atomic E-state index is 0.150. The number of aromatic nitrogens is 1. The molecule has 0 fully saturated rings. The number of halogens is 2. The molecule has 0 aliphatic carbocycles. The molecule has 3 N–H and O–H groups in total. The summed E-state index contributed by atoms with van der Waals surface area (Å²) in [7, 11) is -2.85. The number of hydrogen-bond donors (Lipinski definition) is 3. The number of benzene rings is 2. The number of hydrogen-bond acceptors (Lipinski definition) is 5. The maximum Gasteiger partial charge on any atom is 0.256 e. The van der Waals surface area contributed by atoms with Gasteiger partial charge in [0.15, 0.2) is 0 Å². The van der Waals surface area contributed by atoms with Crippen molar-refractivity contribution in [3.05, 3.63) is 64.6 Å². The molecule has 1 heterocycles. The van der Waals surface area contributed by atoms with Gasteiger partial charge in [0, 0.05) is 23.2 Å². The van der Waals surface area contributed by atoms with Crippen LogP contribution in [0.2, 0.25) is 5.02 Å². The van der Waals surface area contributed by atoms with Gasteiger partial charge in [-0.15, -0.1) is 0 Å². The van der Waals surface area contributed by atoms with Crippen LogP contribution in [0.15, 0.2) is 47.5 Å². The second kappa shape index (κ2) is 7.70. The summed E-state index contributed by atoms with van der Waals surface area (Å²) in [6.07, 6.45) is 1.04. The quantitative estimate of drug-likeness (QED) is 0.584. The molecule has 0 atom stereocenters. The monoisotopic (exact) mass is 423 g/mol.